The van der Waals surface area contributed by atoms with Gasteiger partial charge in [0.15, 0.2) is 6.61 Å². The van der Waals surface area contributed by atoms with Crippen molar-refractivity contribution in [3.8, 4) is 0 Å². The molecule has 8 nitrogen and oxygen atoms in total. The number of ether oxygens (including phenoxy) is 1. The van der Waals surface area contributed by atoms with Crippen LogP contribution in [0.3, 0.4) is 0 Å². The first kappa shape index (κ1) is 15.4. The summed E-state index contributed by atoms with van der Waals surface area (Å²) in [4.78, 5) is 32.8. The number of nitrogens with zero attached hydrogens (tertiary/aromatic N) is 1. The zero-order valence-electron chi connectivity index (χ0n) is 10.9. The number of rotatable bonds is 6. The maximum Gasteiger partial charge on any atom is 0.340 e. The van der Waals surface area contributed by atoms with Crippen LogP contribution in [0.4, 0.5) is 11.4 Å². The van der Waals surface area contributed by atoms with E-state index in [1.54, 1.807) is 0 Å². The lowest BCUT2D eigenvalue weighted by atomic mass is 10.1. The van der Waals surface area contributed by atoms with E-state index in [1.165, 1.54) is 6.07 Å². The minimum atomic E-state index is -0.802. The van der Waals surface area contributed by atoms with Crippen LogP contribution in [0.15, 0.2) is 18.2 Å². The molecule has 0 unspecified atom stereocenters. The topological polar surface area (TPSA) is 125 Å². The quantitative estimate of drug-likeness (QED) is 0.345. The van der Waals surface area contributed by atoms with Gasteiger partial charge < -0.3 is 15.8 Å². The second kappa shape index (κ2) is 7.07. The van der Waals surface area contributed by atoms with Crippen LogP contribution in [0.5, 0.6) is 0 Å². The molecule has 0 fully saturated rings. The van der Waals surface area contributed by atoms with Gasteiger partial charge in [-0.1, -0.05) is 6.92 Å². The van der Waals surface area contributed by atoms with Crippen molar-refractivity contribution in [3.05, 3.63) is 33.9 Å². The Balaban J connectivity index is 2.64. The van der Waals surface area contributed by atoms with Crippen molar-refractivity contribution in [2.75, 3.05) is 18.9 Å². The lowest BCUT2D eigenvalue weighted by molar-refractivity contribution is -0.384. The Kier molecular flexibility index (Phi) is 5.45. The number of esters is 1. The molecule has 0 atom stereocenters. The fourth-order valence-electron chi connectivity index (χ4n) is 1.37. The average Bonchev–Trinajstić information content (AvgIpc) is 2.42. The standard InChI is InChI=1S/C12H15N3O5/c1-2-5-14-11(16)7-20-12(17)9-4-3-8(15(18)19)6-10(9)13/h3-4,6H,2,5,7,13H2,1H3,(H,14,16). The summed E-state index contributed by atoms with van der Waals surface area (Å²) >= 11 is 0. The predicted octanol–water partition coefficient (Wildman–Crippen LogP) is 0.860. The van der Waals surface area contributed by atoms with Crippen LogP contribution in [-0.2, 0) is 9.53 Å². The summed E-state index contributed by atoms with van der Waals surface area (Å²) in [6, 6.07) is 3.40. The predicted molar refractivity (Wildman–Crippen MR) is 71.1 cm³/mol. The molecule has 1 aromatic rings. The van der Waals surface area contributed by atoms with Crippen LogP contribution in [0.1, 0.15) is 23.7 Å². The molecule has 1 amide bonds. The molecule has 108 valence electrons. The van der Waals surface area contributed by atoms with Crippen molar-refractivity contribution in [2.24, 2.45) is 0 Å². The first-order valence-electron chi connectivity index (χ1n) is 5.93. The largest absolute Gasteiger partial charge is 0.452 e. The fraction of sp³-hybridized carbons (Fsp3) is 0.333. The summed E-state index contributed by atoms with van der Waals surface area (Å²) in [5, 5.41) is 13.1. The van der Waals surface area contributed by atoms with E-state index in [2.05, 4.69) is 5.32 Å². The van der Waals surface area contributed by atoms with Gasteiger partial charge in [-0.25, -0.2) is 4.79 Å². The third kappa shape index (κ3) is 4.23. The number of carbonyl (C=O) groups is 2. The smallest absolute Gasteiger partial charge is 0.340 e. The van der Waals surface area contributed by atoms with Crippen LogP contribution >= 0.6 is 0 Å². The number of non-ortho nitro benzene ring substituents is 1. The Bertz CT molecular complexity index is 530. The number of nitrogen functional groups attached to an aromatic ring is 1. The molecule has 0 aromatic heterocycles. The van der Waals surface area contributed by atoms with Gasteiger partial charge in [-0.3, -0.25) is 14.9 Å². The average molecular weight is 281 g/mol. The van der Waals surface area contributed by atoms with Gasteiger partial charge in [0.1, 0.15) is 0 Å². The van der Waals surface area contributed by atoms with E-state index >= 15 is 0 Å². The molecule has 0 saturated heterocycles. The lowest BCUT2D eigenvalue weighted by Crippen LogP contribution is -2.29. The highest BCUT2D eigenvalue weighted by molar-refractivity contribution is 5.96. The molecule has 0 radical (unpaired) electrons. The Morgan fingerprint density at radius 2 is 2.15 bits per heavy atom. The third-order valence-electron chi connectivity index (χ3n) is 2.37. The van der Waals surface area contributed by atoms with Crippen molar-refractivity contribution in [2.45, 2.75) is 13.3 Å². The van der Waals surface area contributed by atoms with Gasteiger partial charge in [0.05, 0.1) is 16.2 Å². The molecular weight excluding hydrogens is 266 g/mol. The second-order valence-corrected chi connectivity index (χ2v) is 3.95. The summed E-state index contributed by atoms with van der Waals surface area (Å²) in [6.45, 7) is 1.97. The molecule has 1 aromatic carbocycles. The number of hydrogen-bond acceptors (Lipinski definition) is 6. The van der Waals surface area contributed by atoms with E-state index in [4.69, 9.17) is 10.5 Å². The van der Waals surface area contributed by atoms with Gasteiger partial charge in [-0.15, -0.1) is 0 Å². The molecule has 8 heteroatoms. The highest BCUT2D eigenvalue weighted by Crippen LogP contribution is 2.20. The number of nitrogens with two attached hydrogens (primary N) is 1. The van der Waals surface area contributed by atoms with E-state index in [0.717, 1.165) is 18.6 Å². The lowest BCUT2D eigenvalue weighted by Gasteiger charge is -2.07. The SMILES string of the molecule is CCCNC(=O)COC(=O)c1ccc([N+](=O)[O-])cc1N. The van der Waals surface area contributed by atoms with Gasteiger partial charge >= 0.3 is 5.97 Å². The molecule has 0 aliphatic heterocycles. The number of nitrogens with one attached hydrogen (secondary N) is 1. The molecule has 0 saturated carbocycles. The van der Waals surface area contributed by atoms with Crippen molar-refractivity contribution < 1.29 is 19.2 Å². The summed E-state index contributed by atoms with van der Waals surface area (Å²) in [7, 11) is 0. The first-order valence-corrected chi connectivity index (χ1v) is 5.93. The van der Waals surface area contributed by atoms with Gasteiger partial charge in [-0.2, -0.15) is 0 Å². The Labute approximate surface area is 115 Å². The van der Waals surface area contributed by atoms with E-state index < -0.39 is 23.4 Å². The Morgan fingerprint density at radius 3 is 2.70 bits per heavy atom. The maximum atomic E-state index is 11.7. The van der Waals surface area contributed by atoms with Crippen molar-refractivity contribution in [3.63, 3.8) is 0 Å². The Hall–Kier alpha value is -2.64. The number of carbonyl (C=O) groups excluding carboxylic acids is 2. The number of amides is 1. The number of anilines is 1. The first-order chi connectivity index (χ1) is 9.45. The number of nitro benzene ring substituents is 1. The Morgan fingerprint density at radius 1 is 1.45 bits per heavy atom. The molecule has 1 rings (SSSR count). The van der Waals surface area contributed by atoms with Gasteiger partial charge in [0.2, 0.25) is 0 Å². The van der Waals surface area contributed by atoms with Crippen LogP contribution in [0.25, 0.3) is 0 Å². The van der Waals surface area contributed by atoms with E-state index in [-0.39, 0.29) is 16.9 Å². The number of nitro groups is 1. The van der Waals surface area contributed by atoms with Crippen LogP contribution < -0.4 is 11.1 Å². The summed E-state index contributed by atoms with van der Waals surface area (Å²) in [5.74, 6) is -1.22. The monoisotopic (exact) mass is 281 g/mol. The summed E-state index contributed by atoms with van der Waals surface area (Å²) in [5.41, 5.74) is 5.23. The number of hydrogen-bond donors (Lipinski definition) is 2. The van der Waals surface area contributed by atoms with Crippen LogP contribution in [-0.4, -0.2) is 30.0 Å². The molecule has 0 spiro atoms. The third-order valence-corrected chi connectivity index (χ3v) is 2.37. The molecular formula is C12H15N3O5. The zero-order valence-corrected chi connectivity index (χ0v) is 10.9. The van der Waals surface area contributed by atoms with Crippen LogP contribution in [0.2, 0.25) is 0 Å². The van der Waals surface area contributed by atoms with Crippen molar-refractivity contribution in [1.82, 2.24) is 5.32 Å². The summed E-state index contributed by atoms with van der Waals surface area (Å²) < 4.78 is 4.77. The summed E-state index contributed by atoms with van der Waals surface area (Å²) in [6.07, 6.45) is 0.773. The normalized spacial score (nSPS) is 9.85. The fourth-order valence-corrected chi connectivity index (χ4v) is 1.37. The van der Waals surface area contributed by atoms with E-state index in [9.17, 15) is 19.7 Å². The van der Waals surface area contributed by atoms with Gasteiger partial charge in [0, 0.05) is 18.7 Å². The maximum absolute atomic E-state index is 11.7. The minimum absolute atomic E-state index is 0.0149. The molecule has 20 heavy (non-hydrogen) atoms. The molecule has 0 aliphatic rings. The van der Waals surface area contributed by atoms with Gasteiger partial charge in [-0.05, 0) is 12.5 Å². The molecule has 0 aliphatic carbocycles. The van der Waals surface area contributed by atoms with Crippen LogP contribution in [0, 0.1) is 10.1 Å². The molecule has 3 N–H and O–H groups in total. The van der Waals surface area contributed by atoms with E-state index in [0.29, 0.717) is 6.54 Å². The second-order valence-electron chi connectivity index (χ2n) is 3.95. The number of benzene rings is 1. The molecule has 0 heterocycles. The van der Waals surface area contributed by atoms with Crippen molar-refractivity contribution in [1.29, 1.82) is 0 Å². The van der Waals surface area contributed by atoms with Gasteiger partial charge in [0.25, 0.3) is 11.6 Å². The highest BCUT2D eigenvalue weighted by Gasteiger charge is 2.16. The van der Waals surface area contributed by atoms with Crippen molar-refractivity contribution >= 4 is 23.3 Å². The highest BCUT2D eigenvalue weighted by atomic mass is 16.6. The van der Waals surface area contributed by atoms with E-state index in [1.807, 2.05) is 6.92 Å². The zero-order chi connectivity index (χ0) is 15.1. The molecule has 0 bridgehead atoms. The minimum Gasteiger partial charge on any atom is -0.452 e.